The minimum absolute atomic E-state index is 0.0449. The van der Waals surface area contributed by atoms with Crippen molar-refractivity contribution in [3.63, 3.8) is 0 Å². The van der Waals surface area contributed by atoms with E-state index in [2.05, 4.69) is 5.48 Å². The first-order valence-corrected chi connectivity index (χ1v) is 6.00. The van der Waals surface area contributed by atoms with E-state index in [1.165, 1.54) is 25.3 Å². The number of rotatable bonds is 4. The van der Waals surface area contributed by atoms with Gasteiger partial charge in [0.1, 0.15) is 0 Å². The van der Waals surface area contributed by atoms with Gasteiger partial charge in [-0.05, 0) is 31.0 Å². The van der Waals surface area contributed by atoms with Crippen molar-refractivity contribution in [2.45, 2.75) is 31.8 Å². The minimum Gasteiger partial charge on any atom is -0.494 e. The first kappa shape index (κ1) is 12.8. The van der Waals surface area contributed by atoms with Crippen molar-refractivity contribution in [1.82, 2.24) is 5.48 Å². The predicted octanol–water partition coefficient (Wildman–Crippen LogP) is 2.44. The lowest BCUT2D eigenvalue weighted by Gasteiger charge is -2.11. The molecule has 0 unspecified atom stereocenters. The van der Waals surface area contributed by atoms with Gasteiger partial charge in [0.2, 0.25) is 0 Å². The van der Waals surface area contributed by atoms with Gasteiger partial charge in [0.05, 0.1) is 13.2 Å². The van der Waals surface area contributed by atoms with Crippen LogP contribution in [0.25, 0.3) is 0 Å². The Balaban J connectivity index is 1.95. The smallest absolute Gasteiger partial charge is 0.274 e. The molecule has 18 heavy (non-hydrogen) atoms. The Kier molecular flexibility index (Phi) is 4.15. The van der Waals surface area contributed by atoms with Crippen LogP contribution in [-0.4, -0.2) is 19.1 Å². The van der Waals surface area contributed by atoms with Crippen LogP contribution in [0.3, 0.4) is 0 Å². The number of benzene rings is 1. The first-order chi connectivity index (χ1) is 8.70. The van der Waals surface area contributed by atoms with Crippen LogP contribution in [0.5, 0.6) is 5.75 Å². The predicted molar refractivity (Wildman–Crippen MR) is 63.8 cm³/mol. The lowest BCUT2D eigenvalue weighted by Crippen LogP contribution is -2.28. The number of hydrogen-bond donors (Lipinski definition) is 1. The van der Waals surface area contributed by atoms with Crippen molar-refractivity contribution in [3.8, 4) is 5.75 Å². The topological polar surface area (TPSA) is 47.6 Å². The molecule has 2 rings (SSSR count). The maximum atomic E-state index is 13.2. The van der Waals surface area contributed by atoms with E-state index >= 15 is 0 Å². The lowest BCUT2D eigenvalue weighted by molar-refractivity contribution is -0.0125. The SMILES string of the molecule is COc1cc(C(=O)NOC2CCCC2)ccc1F. The standard InChI is InChI=1S/C13H16FNO3/c1-17-12-8-9(6-7-11(12)14)13(16)15-18-10-4-2-3-5-10/h6-8,10H,2-5H2,1H3,(H,15,16). The van der Waals surface area contributed by atoms with Gasteiger partial charge in [0.25, 0.3) is 5.91 Å². The third-order valence-electron chi connectivity index (χ3n) is 3.03. The molecule has 0 aromatic heterocycles. The van der Waals surface area contributed by atoms with Crippen LogP contribution in [0.2, 0.25) is 0 Å². The second kappa shape index (κ2) is 5.82. The van der Waals surface area contributed by atoms with Gasteiger partial charge in [-0.2, -0.15) is 0 Å². The Morgan fingerprint density at radius 2 is 2.11 bits per heavy atom. The molecule has 98 valence electrons. The van der Waals surface area contributed by atoms with Crippen molar-refractivity contribution in [3.05, 3.63) is 29.6 Å². The molecular formula is C13H16FNO3. The number of halogens is 1. The quantitative estimate of drug-likeness (QED) is 0.838. The lowest BCUT2D eigenvalue weighted by atomic mass is 10.2. The van der Waals surface area contributed by atoms with Gasteiger partial charge in [0, 0.05) is 5.56 Å². The van der Waals surface area contributed by atoms with Gasteiger partial charge in [-0.15, -0.1) is 0 Å². The van der Waals surface area contributed by atoms with E-state index in [4.69, 9.17) is 9.57 Å². The summed E-state index contributed by atoms with van der Waals surface area (Å²) < 4.78 is 18.0. The van der Waals surface area contributed by atoms with Crippen molar-refractivity contribution in [2.24, 2.45) is 0 Å². The van der Waals surface area contributed by atoms with E-state index in [1.807, 2.05) is 0 Å². The van der Waals surface area contributed by atoms with Gasteiger partial charge in [0.15, 0.2) is 11.6 Å². The van der Waals surface area contributed by atoms with E-state index in [0.717, 1.165) is 25.7 Å². The molecule has 0 radical (unpaired) electrons. The van der Waals surface area contributed by atoms with Crippen molar-refractivity contribution >= 4 is 5.91 Å². The summed E-state index contributed by atoms with van der Waals surface area (Å²) in [5, 5.41) is 0. The summed E-state index contributed by atoms with van der Waals surface area (Å²) >= 11 is 0. The van der Waals surface area contributed by atoms with Crippen LogP contribution in [0, 0.1) is 5.82 Å². The molecule has 0 spiro atoms. The number of nitrogens with one attached hydrogen (secondary N) is 1. The summed E-state index contributed by atoms with van der Waals surface area (Å²) in [7, 11) is 1.36. The Morgan fingerprint density at radius 1 is 1.39 bits per heavy atom. The van der Waals surface area contributed by atoms with Crippen LogP contribution < -0.4 is 10.2 Å². The number of methoxy groups -OCH3 is 1. The van der Waals surface area contributed by atoms with Gasteiger partial charge in [-0.1, -0.05) is 12.8 Å². The van der Waals surface area contributed by atoms with Crippen molar-refractivity contribution in [2.75, 3.05) is 7.11 Å². The Hall–Kier alpha value is -1.62. The molecule has 0 atom stereocenters. The Morgan fingerprint density at radius 3 is 2.78 bits per heavy atom. The highest BCUT2D eigenvalue weighted by atomic mass is 19.1. The third kappa shape index (κ3) is 2.98. The number of hydrogen-bond acceptors (Lipinski definition) is 3. The summed E-state index contributed by atoms with van der Waals surface area (Å²) in [6.07, 6.45) is 4.28. The maximum Gasteiger partial charge on any atom is 0.274 e. The van der Waals surface area contributed by atoms with Crippen LogP contribution in [0.4, 0.5) is 4.39 Å². The summed E-state index contributed by atoms with van der Waals surface area (Å²) in [6, 6.07) is 3.94. The molecule has 0 bridgehead atoms. The fraction of sp³-hybridized carbons (Fsp3) is 0.462. The van der Waals surface area contributed by atoms with Gasteiger partial charge >= 0.3 is 0 Å². The molecule has 4 nitrogen and oxygen atoms in total. The Labute approximate surface area is 105 Å². The molecule has 0 heterocycles. The van der Waals surface area contributed by atoms with E-state index in [1.54, 1.807) is 0 Å². The van der Waals surface area contributed by atoms with Gasteiger partial charge in [-0.3, -0.25) is 9.63 Å². The zero-order valence-corrected chi connectivity index (χ0v) is 10.2. The Bertz CT molecular complexity index is 430. The van der Waals surface area contributed by atoms with Gasteiger partial charge < -0.3 is 4.74 Å². The summed E-state index contributed by atoms with van der Waals surface area (Å²) in [5.41, 5.74) is 2.71. The minimum atomic E-state index is -0.495. The highest BCUT2D eigenvalue weighted by Gasteiger charge is 2.17. The van der Waals surface area contributed by atoms with E-state index < -0.39 is 5.82 Å². The highest BCUT2D eigenvalue weighted by Crippen LogP contribution is 2.21. The van der Waals surface area contributed by atoms with Crippen molar-refractivity contribution < 1.29 is 18.8 Å². The average molecular weight is 253 g/mol. The number of amides is 1. The first-order valence-electron chi connectivity index (χ1n) is 6.00. The fourth-order valence-corrected chi connectivity index (χ4v) is 2.00. The third-order valence-corrected chi connectivity index (χ3v) is 3.03. The number of hydroxylamine groups is 1. The molecule has 1 N–H and O–H groups in total. The van der Waals surface area contributed by atoms with Crippen LogP contribution in [-0.2, 0) is 4.84 Å². The van der Waals surface area contributed by atoms with Crippen LogP contribution in [0.1, 0.15) is 36.0 Å². The molecule has 1 aromatic carbocycles. The largest absolute Gasteiger partial charge is 0.494 e. The fourth-order valence-electron chi connectivity index (χ4n) is 2.00. The molecule has 0 saturated heterocycles. The molecule has 1 saturated carbocycles. The zero-order chi connectivity index (χ0) is 13.0. The molecule has 0 aliphatic heterocycles. The van der Waals surface area contributed by atoms with E-state index in [-0.39, 0.29) is 17.8 Å². The molecule has 1 aliphatic carbocycles. The second-order valence-electron chi connectivity index (χ2n) is 4.30. The van der Waals surface area contributed by atoms with E-state index in [0.29, 0.717) is 5.56 Å². The number of ether oxygens (including phenoxy) is 1. The normalized spacial score (nSPS) is 15.7. The maximum absolute atomic E-state index is 13.2. The summed E-state index contributed by atoms with van der Waals surface area (Å²) in [4.78, 5) is 17.1. The number of carbonyl (C=O) groups excluding carboxylic acids is 1. The number of carbonyl (C=O) groups is 1. The average Bonchev–Trinajstić information content (AvgIpc) is 2.89. The van der Waals surface area contributed by atoms with E-state index in [9.17, 15) is 9.18 Å². The summed E-state index contributed by atoms with van der Waals surface area (Å²) in [5.74, 6) is -0.838. The molecular weight excluding hydrogens is 237 g/mol. The van der Waals surface area contributed by atoms with Gasteiger partial charge in [-0.25, -0.2) is 9.87 Å². The molecule has 5 heteroatoms. The summed E-state index contributed by atoms with van der Waals surface area (Å²) in [6.45, 7) is 0. The molecule has 1 amide bonds. The molecule has 1 fully saturated rings. The van der Waals surface area contributed by atoms with Crippen molar-refractivity contribution in [1.29, 1.82) is 0 Å². The second-order valence-corrected chi connectivity index (χ2v) is 4.30. The highest BCUT2D eigenvalue weighted by molar-refractivity contribution is 5.93. The van der Waals surface area contributed by atoms with Crippen LogP contribution >= 0.6 is 0 Å². The monoisotopic (exact) mass is 253 g/mol. The molecule has 1 aromatic rings. The molecule has 1 aliphatic rings. The van der Waals surface area contributed by atoms with Crippen LogP contribution in [0.15, 0.2) is 18.2 Å². The zero-order valence-electron chi connectivity index (χ0n) is 10.2.